The molecule has 1 saturated heterocycles. The molecule has 1 amide bonds. The van der Waals surface area contributed by atoms with E-state index in [-0.39, 0.29) is 12.5 Å². The number of ether oxygens (including phenoxy) is 2. The van der Waals surface area contributed by atoms with Crippen LogP contribution in [0.1, 0.15) is 5.56 Å². The predicted octanol–water partition coefficient (Wildman–Crippen LogP) is 2.56. The van der Waals surface area contributed by atoms with Crippen molar-refractivity contribution in [3.05, 3.63) is 60.2 Å². The molecule has 0 aliphatic carbocycles. The zero-order valence-corrected chi connectivity index (χ0v) is 14.6. The smallest absolute Gasteiger partial charge is 0.248 e. The minimum Gasteiger partial charge on any atom is -0.497 e. The van der Waals surface area contributed by atoms with E-state index in [1.165, 1.54) is 0 Å². The Labute approximate surface area is 148 Å². The Morgan fingerprint density at radius 1 is 0.960 bits per heavy atom. The molecule has 0 saturated carbocycles. The highest BCUT2D eigenvalue weighted by Gasteiger charge is 2.21. The van der Waals surface area contributed by atoms with E-state index >= 15 is 0 Å². The van der Waals surface area contributed by atoms with Crippen molar-refractivity contribution in [3.8, 4) is 5.75 Å². The quantitative estimate of drug-likeness (QED) is 0.810. The van der Waals surface area contributed by atoms with Crippen molar-refractivity contribution in [1.29, 1.82) is 0 Å². The van der Waals surface area contributed by atoms with Crippen molar-refractivity contribution in [1.82, 2.24) is 4.90 Å². The average Bonchev–Trinajstić information content (AvgIpc) is 2.69. The molecule has 0 unspecified atom stereocenters. The van der Waals surface area contributed by atoms with E-state index < -0.39 is 0 Å². The molecule has 3 rings (SSSR count). The van der Waals surface area contributed by atoms with Crippen molar-refractivity contribution in [2.45, 2.75) is 6.61 Å². The highest BCUT2D eigenvalue weighted by Crippen LogP contribution is 2.20. The largest absolute Gasteiger partial charge is 0.497 e. The molecule has 1 heterocycles. The fourth-order valence-electron chi connectivity index (χ4n) is 2.93. The van der Waals surface area contributed by atoms with Gasteiger partial charge in [0.05, 0.1) is 13.7 Å². The summed E-state index contributed by atoms with van der Waals surface area (Å²) in [6.07, 6.45) is 0. The Bertz CT molecular complexity index is 665. The second kappa shape index (κ2) is 8.53. The van der Waals surface area contributed by atoms with E-state index in [0.29, 0.717) is 6.61 Å². The Balaban J connectivity index is 1.42. The molecule has 1 aliphatic heterocycles. The van der Waals surface area contributed by atoms with Crippen LogP contribution in [-0.2, 0) is 16.1 Å². The van der Waals surface area contributed by atoms with Gasteiger partial charge in [0, 0.05) is 31.9 Å². The van der Waals surface area contributed by atoms with Crippen molar-refractivity contribution >= 4 is 11.6 Å². The van der Waals surface area contributed by atoms with Crippen molar-refractivity contribution < 1.29 is 14.3 Å². The van der Waals surface area contributed by atoms with E-state index in [2.05, 4.69) is 17.0 Å². The Kier molecular flexibility index (Phi) is 5.90. The molecule has 2 aromatic rings. The number of benzene rings is 2. The molecular formula is C20H24N2O3. The molecule has 0 atom stereocenters. The van der Waals surface area contributed by atoms with Gasteiger partial charge in [-0.3, -0.25) is 4.79 Å². The summed E-state index contributed by atoms with van der Waals surface area (Å²) in [5, 5.41) is 0. The summed E-state index contributed by atoms with van der Waals surface area (Å²) in [4.78, 5) is 16.4. The minimum atomic E-state index is 0.0605. The normalized spacial score (nSPS) is 14.4. The molecule has 0 bridgehead atoms. The van der Waals surface area contributed by atoms with E-state index in [1.54, 1.807) is 7.11 Å². The standard InChI is InChI=1S/C20H24N2O3/c1-24-19-9-7-18(8-10-19)21-11-13-22(14-12-21)20(23)16-25-15-17-5-3-2-4-6-17/h2-10H,11-16H2,1H3. The van der Waals surface area contributed by atoms with Gasteiger partial charge in [-0.2, -0.15) is 0 Å². The zero-order valence-electron chi connectivity index (χ0n) is 14.6. The second-order valence-corrected chi connectivity index (χ2v) is 6.04. The number of hydrogen-bond donors (Lipinski definition) is 0. The number of nitrogens with zero attached hydrogens (tertiary/aromatic N) is 2. The molecular weight excluding hydrogens is 316 g/mol. The monoisotopic (exact) mass is 340 g/mol. The fourth-order valence-corrected chi connectivity index (χ4v) is 2.93. The van der Waals surface area contributed by atoms with Crippen LogP contribution in [0.3, 0.4) is 0 Å². The minimum absolute atomic E-state index is 0.0605. The van der Waals surface area contributed by atoms with Gasteiger partial charge in [-0.15, -0.1) is 0 Å². The van der Waals surface area contributed by atoms with E-state index in [0.717, 1.165) is 43.2 Å². The van der Waals surface area contributed by atoms with E-state index in [4.69, 9.17) is 9.47 Å². The second-order valence-electron chi connectivity index (χ2n) is 6.04. The SMILES string of the molecule is COc1ccc(N2CCN(C(=O)COCc3ccccc3)CC2)cc1. The molecule has 1 aliphatic rings. The van der Waals surface area contributed by atoms with Crippen LogP contribution in [0.5, 0.6) is 5.75 Å². The highest BCUT2D eigenvalue weighted by atomic mass is 16.5. The number of rotatable bonds is 6. The number of amides is 1. The number of anilines is 1. The third kappa shape index (κ3) is 4.73. The first-order valence-electron chi connectivity index (χ1n) is 8.55. The lowest BCUT2D eigenvalue weighted by molar-refractivity contribution is -0.136. The Morgan fingerprint density at radius 3 is 2.28 bits per heavy atom. The van der Waals surface area contributed by atoms with Crippen LogP contribution in [0, 0.1) is 0 Å². The van der Waals surface area contributed by atoms with E-state index in [1.807, 2.05) is 47.4 Å². The molecule has 5 nitrogen and oxygen atoms in total. The lowest BCUT2D eigenvalue weighted by atomic mass is 10.2. The zero-order chi connectivity index (χ0) is 17.5. The van der Waals surface area contributed by atoms with Crippen molar-refractivity contribution in [3.63, 3.8) is 0 Å². The molecule has 1 fully saturated rings. The molecule has 2 aromatic carbocycles. The third-order valence-electron chi connectivity index (χ3n) is 4.41. The number of methoxy groups -OCH3 is 1. The fraction of sp³-hybridized carbons (Fsp3) is 0.350. The first-order chi connectivity index (χ1) is 12.3. The summed E-state index contributed by atoms with van der Waals surface area (Å²) in [6.45, 7) is 3.71. The first kappa shape index (κ1) is 17.3. The van der Waals surface area contributed by atoms with Crippen LogP contribution in [0.2, 0.25) is 0 Å². The number of carbonyl (C=O) groups is 1. The molecule has 0 spiro atoms. The average molecular weight is 340 g/mol. The van der Waals surface area contributed by atoms with Crippen LogP contribution in [0.25, 0.3) is 0 Å². The van der Waals surface area contributed by atoms with Gasteiger partial charge in [0.25, 0.3) is 0 Å². The maximum absolute atomic E-state index is 12.3. The van der Waals surface area contributed by atoms with Crippen molar-refractivity contribution in [2.75, 3.05) is 44.8 Å². The number of carbonyl (C=O) groups excluding carboxylic acids is 1. The van der Waals surface area contributed by atoms with Gasteiger partial charge >= 0.3 is 0 Å². The van der Waals surface area contributed by atoms with Crippen LogP contribution >= 0.6 is 0 Å². The van der Waals surface area contributed by atoms with Gasteiger partial charge < -0.3 is 19.3 Å². The Morgan fingerprint density at radius 2 is 1.64 bits per heavy atom. The van der Waals surface area contributed by atoms with Crippen molar-refractivity contribution in [2.24, 2.45) is 0 Å². The summed E-state index contributed by atoms with van der Waals surface area (Å²) in [7, 11) is 1.67. The van der Waals surface area contributed by atoms with Crippen LogP contribution in [0.15, 0.2) is 54.6 Å². The summed E-state index contributed by atoms with van der Waals surface area (Å²) >= 11 is 0. The molecule has 5 heteroatoms. The predicted molar refractivity (Wildman–Crippen MR) is 97.9 cm³/mol. The van der Waals surface area contributed by atoms with Gasteiger partial charge in [-0.25, -0.2) is 0 Å². The topological polar surface area (TPSA) is 42.0 Å². The third-order valence-corrected chi connectivity index (χ3v) is 4.41. The number of piperazine rings is 1. The molecule has 0 N–H and O–H groups in total. The summed E-state index contributed by atoms with van der Waals surface area (Å²) in [6, 6.07) is 17.9. The van der Waals surface area contributed by atoms with Crippen LogP contribution in [0.4, 0.5) is 5.69 Å². The van der Waals surface area contributed by atoms with Gasteiger partial charge in [0.1, 0.15) is 12.4 Å². The van der Waals surface area contributed by atoms with Gasteiger partial charge in [0.2, 0.25) is 5.91 Å². The highest BCUT2D eigenvalue weighted by molar-refractivity contribution is 5.77. The van der Waals surface area contributed by atoms with Gasteiger partial charge in [0.15, 0.2) is 0 Å². The van der Waals surface area contributed by atoms with Crippen LogP contribution in [-0.4, -0.2) is 50.7 Å². The summed E-state index contributed by atoms with van der Waals surface area (Å²) < 4.78 is 10.7. The molecule has 0 radical (unpaired) electrons. The Hall–Kier alpha value is -2.53. The van der Waals surface area contributed by atoms with Crippen LogP contribution < -0.4 is 9.64 Å². The molecule has 0 aromatic heterocycles. The lowest BCUT2D eigenvalue weighted by Crippen LogP contribution is -2.49. The lowest BCUT2D eigenvalue weighted by Gasteiger charge is -2.36. The first-order valence-corrected chi connectivity index (χ1v) is 8.55. The maximum atomic E-state index is 12.3. The van der Waals surface area contributed by atoms with Gasteiger partial charge in [-0.1, -0.05) is 30.3 Å². The number of hydrogen-bond acceptors (Lipinski definition) is 4. The summed E-state index contributed by atoms with van der Waals surface area (Å²) in [5.74, 6) is 0.915. The molecule has 25 heavy (non-hydrogen) atoms. The summed E-state index contributed by atoms with van der Waals surface area (Å²) in [5.41, 5.74) is 2.24. The molecule has 132 valence electrons. The maximum Gasteiger partial charge on any atom is 0.248 e. The van der Waals surface area contributed by atoms with Gasteiger partial charge in [-0.05, 0) is 29.8 Å². The van der Waals surface area contributed by atoms with E-state index in [9.17, 15) is 4.79 Å².